The van der Waals surface area contributed by atoms with E-state index in [-0.39, 0.29) is 0 Å². The van der Waals surface area contributed by atoms with Crippen LogP contribution in [0, 0.1) is 0 Å². The van der Waals surface area contributed by atoms with Gasteiger partial charge in [-0.15, -0.1) is 0 Å². The van der Waals surface area contributed by atoms with Crippen LogP contribution in [0.15, 0.2) is 42.5 Å². The minimum absolute atomic E-state index is 0.662. The lowest BCUT2D eigenvalue weighted by atomic mass is 10.1. The molecule has 2 aromatic rings. The van der Waals surface area contributed by atoms with E-state index in [1.165, 1.54) is 11.1 Å². The lowest BCUT2D eigenvalue weighted by molar-refractivity contribution is -0.653. The Bertz CT molecular complexity index is 584. The number of quaternary nitrogens is 1. The van der Waals surface area contributed by atoms with Crippen LogP contribution in [0.4, 0.5) is 0 Å². The van der Waals surface area contributed by atoms with Crippen molar-refractivity contribution in [3.8, 4) is 11.5 Å². The molecular weight excluding hydrogens is 298 g/mol. The van der Waals surface area contributed by atoms with Crippen molar-refractivity contribution in [2.24, 2.45) is 0 Å². The predicted octanol–water partition coefficient (Wildman–Crippen LogP) is 2.71. The Hall–Kier alpha value is -1.71. The summed E-state index contributed by atoms with van der Waals surface area (Å²) >= 11 is 6.03. The van der Waals surface area contributed by atoms with Crippen molar-refractivity contribution in [2.45, 2.75) is 12.8 Å². The van der Waals surface area contributed by atoms with Gasteiger partial charge in [-0.2, -0.15) is 0 Å². The molecule has 2 rings (SSSR count). The van der Waals surface area contributed by atoms with Crippen molar-refractivity contribution >= 4 is 11.6 Å². The monoisotopic (exact) mass is 320 g/mol. The molecule has 4 heteroatoms. The molecule has 0 bridgehead atoms. The standard InChI is InChI=1S/C18H22ClNO2/c1-21-16-6-3-14(4-7-16)9-11-20-12-10-15-5-8-17(19)18(13-15)22-2/h3-8,13,20H,9-12H2,1-2H3/p+1. The number of nitrogens with two attached hydrogens (primary N) is 1. The molecule has 118 valence electrons. The fraction of sp³-hybridized carbons (Fsp3) is 0.333. The van der Waals surface area contributed by atoms with Gasteiger partial charge in [-0.25, -0.2) is 0 Å². The van der Waals surface area contributed by atoms with Crippen LogP contribution >= 0.6 is 11.6 Å². The molecule has 0 heterocycles. The average molecular weight is 321 g/mol. The van der Waals surface area contributed by atoms with E-state index in [1.54, 1.807) is 14.2 Å². The second kappa shape index (κ2) is 8.66. The summed E-state index contributed by atoms with van der Waals surface area (Å²) in [7, 11) is 3.33. The zero-order valence-electron chi connectivity index (χ0n) is 13.1. The van der Waals surface area contributed by atoms with Gasteiger partial charge < -0.3 is 14.8 Å². The van der Waals surface area contributed by atoms with Gasteiger partial charge >= 0.3 is 0 Å². The molecule has 0 aliphatic rings. The van der Waals surface area contributed by atoms with Crippen LogP contribution < -0.4 is 14.8 Å². The molecule has 0 saturated heterocycles. The third-order valence-electron chi connectivity index (χ3n) is 3.65. The third-order valence-corrected chi connectivity index (χ3v) is 3.96. The highest BCUT2D eigenvalue weighted by Crippen LogP contribution is 2.24. The zero-order valence-corrected chi connectivity index (χ0v) is 13.9. The smallest absolute Gasteiger partial charge is 0.137 e. The lowest BCUT2D eigenvalue weighted by Gasteiger charge is -2.07. The van der Waals surface area contributed by atoms with Crippen molar-refractivity contribution in [1.29, 1.82) is 0 Å². The normalized spacial score (nSPS) is 10.5. The maximum atomic E-state index is 6.03. The number of halogens is 1. The molecule has 0 aliphatic carbocycles. The number of hydrogen-bond acceptors (Lipinski definition) is 2. The van der Waals surface area contributed by atoms with Crippen molar-refractivity contribution in [3.63, 3.8) is 0 Å². The minimum Gasteiger partial charge on any atom is -0.497 e. The first-order valence-corrected chi connectivity index (χ1v) is 7.87. The number of methoxy groups -OCH3 is 2. The van der Waals surface area contributed by atoms with Gasteiger partial charge in [-0.3, -0.25) is 0 Å². The largest absolute Gasteiger partial charge is 0.497 e. The predicted molar refractivity (Wildman–Crippen MR) is 90.1 cm³/mol. The number of ether oxygens (including phenoxy) is 2. The van der Waals surface area contributed by atoms with E-state index in [4.69, 9.17) is 21.1 Å². The number of hydrogen-bond donors (Lipinski definition) is 1. The molecule has 0 aliphatic heterocycles. The van der Waals surface area contributed by atoms with E-state index in [0.29, 0.717) is 5.02 Å². The maximum Gasteiger partial charge on any atom is 0.137 e. The van der Waals surface area contributed by atoms with Crippen LogP contribution in [0.2, 0.25) is 5.02 Å². The Balaban J connectivity index is 1.70. The first-order chi connectivity index (χ1) is 10.7. The van der Waals surface area contributed by atoms with Gasteiger partial charge in [0.25, 0.3) is 0 Å². The van der Waals surface area contributed by atoms with E-state index in [2.05, 4.69) is 23.5 Å². The molecule has 0 radical (unpaired) electrons. The Labute approximate surface area is 137 Å². The van der Waals surface area contributed by atoms with Crippen molar-refractivity contribution in [2.75, 3.05) is 27.3 Å². The molecule has 2 aromatic carbocycles. The quantitative estimate of drug-likeness (QED) is 0.759. The van der Waals surface area contributed by atoms with E-state index < -0.39 is 0 Å². The fourth-order valence-electron chi connectivity index (χ4n) is 2.33. The van der Waals surface area contributed by atoms with Crippen LogP contribution in [0.1, 0.15) is 11.1 Å². The van der Waals surface area contributed by atoms with Gasteiger partial charge in [0.2, 0.25) is 0 Å². The Morgan fingerprint density at radius 2 is 1.50 bits per heavy atom. The number of benzene rings is 2. The van der Waals surface area contributed by atoms with E-state index >= 15 is 0 Å². The van der Waals surface area contributed by atoms with Crippen LogP contribution in [0.25, 0.3) is 0 Å². The Morgan fingerprint density at radius 1 is 0.864 bits per heavy atom. The third kappa shape index (κ3) is 4.93. The van der Waals surface area contributed by atoms with Crippen LogP contribution in [0.3, 0.4) is 0 Å². The van der Waals surface area contributed by atoms with Crippen LogP contribution in [-0.4, -0.2) is 27.3 Å². The molecule has 22 heavy (non-hydrogen) atoms. The summed E-state index contributed by atoms with van der Waals surface area (Å²) in [6.07, 6.45) is 2.07. The molecule has 0 fully saturated rings. The van der Waals surface area contributed by atoms with Crippen molar-refractivity contribution in [1.82, 2.24) is 0 Å². The highest BCUT2D eigenvalue weighted by atomic mass is 35.5. The van der Waals surface area contributed by atoms with Crippen LogP contribution in [-0.2, 0) is 12.8 Å². The average Bonchev–Trinajstić information content (AvgIpc) is 2.56. The summed E-state index contributed by atoms with van der Waals surface area (Å²) < 4.78 is 10.4. The molecule has 3 nitrogen and oxygen atoms in total. The summed E-state index contributed by atoms with van der Waals surface area (Å²) in [5.74, 6) is 1.65. The zero-order chi connectivity index (χ0) is 15.8. The highest BCUT2D eigenvalue weighted by Gasteiger charge is 2.03. The van der Waals surface area contributed by atoms with Crippen molar-refractivity contribution < 1.29 is 14.8 Å². The molecule has 0 atom stereocenters. The van der Waals surface area contributed by atoms with E-state index in [9.17, 15) is 0 Å². The maximum absolute atomic E-state index is 6.03. The first kappa shape index (κ1) is 16.7. The summed E-state index contributed by atoms with van der Waals surface area (Å²) in [6.45, 7) is 2.14. The molecule has 0 aromatic heterocycles. The summed E-state index contributed by atoms with van der Waals surface area (Å²) in [6, 6.07) is 14.2. The second-order valence-corrected chi connectivity index (χ2v) is 5.59. The van der Waals surface area contributed by atoms with Gasteiger partial charge in [0, 0.05) is 12.8 Å². The molecular formula is C18H23ClNO2+. The molecule has 0 amide bonds. The van der Waals surface area contributed by atoms with E-state index in [0.717, 1.165) is 37.4 Å². The second-order valence-electron chi connectivity index (χ2n) is 5.18. The molecule has 0 spiro atoms. The SMILES string of the molecule is COc1ccc(CC[NH2+]CCc2ccc(Cl)c(OC)c2)cc1. The number of rotatable bonds is 8. The summed E-state index contributed by atoms with van der Waals surface area (Å²) in [5.41, 5.74) is 2.59. The highest BCUT2D eigenvalue weighted by molar-refractivity contribution is 6.32. The summed E-state index contributed by atoms with van der Waals surface area (Å²) in [4.78, 5) is 0. The first-order valence-electron chi connectivity index (χ1n) is 7.50. The van der Waals surface area contributed by atoms with Gasteiger partial charge in [-0.1, -0.05) is 29.8 Å². The van der Waals surface area contributed by atoms with Gasteiger partial charge in [0.15, 0.2) is 0 Å². The van der Waals surface area contributed by atoms with E-state index in [1.807, 2.05) is 24.3 Å². The molecule has 2 N–H and O–H groups in total. The summed E-state index contributed by atoms with van der Waals surface area (Å²) in [5, 5.41) is 3.00. The van der Waals surface area contributed by atoms with Gasteiger partial charge in [-0.05, 0) is 35.4 Å². The Morgan fingerprint density at radius 3 is 2.14 bits per heavy atom. The molecule has 0 saturated carbocycles. The van der Waals surface area contributed by atoms with Crippen LogP contribution in [0.5, 0.6) is 11.5 Å². The molecule has 0 unspecified atom stereocenters. The van der Waals surface area contributed by atoms with Gasteiger partial charge in [0.05, 0.1) is 32.3 Å². The minimum atomic E-state index is 0.662. The van der Waals surface area contributed by atoms with Crippen molar-refractivity contribution in [3.05, 3.63) is 58.6 Å². The fourth-order valence-corrected chi connectivity index (χ4v) is 2.53. The van der Waals surface area contributed by atoms with Gasteiger partial charge in [0.1, 0.15) is 11.5 Å². The topological polar surface area (TPSA) is 35.1 Å². The Kier molecular flexibility index (Phi) is 6.56. The lowest BCUT2D eigenvalue weighted by Crippen LogP contribution is -2.85.